The molecule has 114 valence electrons. The molecular formula is C18H19FN2O. The second-order valence-corrected chi connectivity index (χ2v) is 5.67. The molecule has 3 nitrogen and oxygen atoms in total. The Morgan fingerprint density at radius 1 is 1.00 bits per heavy atom. The summed E-state index contributed by atoms with van der Waals surface area (Å²) in [5, 5.41) is 6.27. The molecule has 0 saturated heterocycles. The first-order chi connectivity index (χ1) is 10.7. The van der Waals surface area contributed by atoms with E-state index in [-0.39, 0.29) is 5.91 Å². The SMILES string of the molecule is O=C(Nc1ccc(NC2CCCC2)cc1)c1cccc(F)c1. The molecule has 0 unspecified atom stereocenters. The molecule has 4 heteroatoms. The molecule has 0 aliphatic heterocycles. The van der Waals surface area contributed by atoms with E-state index in [0.717, 1.165) is 5.69 Å². The molecule has 0 bridgehead atoms. The number of amides is 1. The molecule has 2 aromatic rings. The van der Waals surface area contributed by atoms with Crippen molar-refractivity contribution >= 4 is 17.3 Å². The quantitative estimate of drug-likeness (QED) is 0.876. The van der Waals surface area contributed by atoms with E-state index in [1.54, 1.807) is 6.07 Å². The lowest BCUT2D eigenvalue weighted by Gasteiger charge is -2.14. The Kier molecular flexibility index (Phi) is 4.37. The van der Waals surface area contributed by atoms with Crippen molar-refractivity contribution in [1.29, 1.82) is 0 Å². The Labute approximate surface area is 129 Å². The van der Waals surface area contributed by atoms with Gasteiger partial charge in [-0.25, -0.2) is 4.39 Å². The predicted molar refractivity (Wildman–Crippen MR) is 86.7 cm³/mol. The van der Waals surface area contributed by atoms with Gasteiger partial charge in [0.1, 0.15) is 5.82 Å². The van der Waals surface area contributed by atoms with Gasteiger partial charge in [0, 0.05) is 23.0 Å². The van der Waals surface area contributed by atoms with Crippen molar-refractivity contribution in [3.8, 4) is 0 Å². The molecule has 0 radical (unpaired) electrons. The number of hydrogen-bond acceptors (Lipinski definition) is 2. The lowest BCUT2D eigenvalue weighted by Crippen LogP contribution is -2.15. The van der Waals surface area contributed by atoms with Gasteiger partial charge in [0.25, 0.3) is 5.91 Å². The van der Waals surface area contributed by atoms with Crippen molar-refractivity contribution in [3.05, 3.63) is 59.9 Å². The van der Waals surface area contributed by atoms with Crippen molar-refractivity contribution in [2.75, 3.05) is 10.6 Å². The zero-order chi connectivity index (χ0) is 15.4. The van der Waals surface area contributed by atoms with Crippen LogP contribution in [0.3, 0.4) is 0 Å². The number of carbonyl (C=O) groups excluding carboxylic acids is 1. The van der Waals surface area contributed by atoms with Crippen LogP contribution in [0, 0.1) is 5.82 Å². The second-order valence-electron chi connectivity index (χ2n) is 5.67. The van der Waals surface area contributed by atoms with Crippen LogP contribution < -0.4 is 10.6 Å². The van der Waals surface area contributed by atoms with Crippen LogP contribution in [0.1, 0.15) is 36.0 Å². The lowest BCUT2D eigenvalue weighted by atomic mass is 10.2. The molecule has 1 aliphatic carbocycles. The van der Waals surface area contributed by atoms with Gasteiger partial charge in [0.05, 0.1) is 0 Å². The van der Waals surface area contributed by atoms with Crippen LogP contribution in [0.2, 0.25) is 0 Å². The summed E-state index contributed by atoms with van der Waals surface area (Å²) in [5.74, 6) is -0.722. The van der Waals surface area contributed by atoms with Gasteiger partial charge in [-0.15, -0.1) is 0 Å². The fourth-order valence-corrected chi connectivity index (χ4v) is 2.79. The number of carbonyl (C=O) groups is 1. The smallest absolute Gasteiger partial charge is 0.255 e. The highest BCUT2D eigenvalue weighted by molar-refractivity contribution is 6.04. The average molecular weight is 298 g/mol. The highest BCUT2D eigenvalue weighted by Crippen LogP contribution is 2.23. The van der Waals surface area contributed by atoms with Crippen LogP contribution in [0.25, 0.3) is 0 Å². The van der Waals surface area contributed by atoms with E-state index in [4.69, 9.17) is 0 Å². The topological polar surface area (TPSA) is 41.1 Å². The fourth-order valence-electron chi connectivity index (χ4n) is 2.79. The van der Waals surface area contributed by atoms with Gasteiger partial charge in [0.2, 0.25) is 0 Å². The average Bonchev–Trinajstić information content (AvgIpc) is 3.02. The highest BCUT2D eigenvalue weighted by atomic mass is 19.1. The summed E-state index contributed by atoms with van der Waals surface area (Å²) in [6.45, 7) is 0. The van der Waals surface area contributed by atoms with Gasteiger partial charge in [-0.05, 0) is 55.3 Å². The summed E-state index contributed by atoms with van der Waals surface area (Å²) in [7, 11) is 0. The minimum absolute atomic E-state index is 0.309. The second kappa shape index (κ2) is 6.60. The minimum Gasteiger partial charge on any atom is -0.382 e. The molecule has 0 heterocycles. The third-order valence-electron chi connectivity index (χ3n) is 3.96. The molecule has 2 N–H and O–H groups in total. The fraction of sp³-hybridized carbons (Fsp3) is 0.278. The van der Waals surface area contributed by atoms with E-state index in [9.17, 15) is 9.18 Å². The van der Waals surface area contributed by atoms with Crippen LogP contribution in [0.15, 0.2) is 48.5 Å². The molecule has 0 spiro atoms. The first-order valence-electron chi connectivity index (χ1n) is 7.64. The summed E-state index contributed by atoms with van der Waals surface area (Å²) < 4.78 is 13.1. The van der Waals surface area contributed by atoms with Gasteiger partial charge in [-0.2, -0.15) is 0 Å². The summed E-state index contributed by atoms with van der Waals surface area (Å²) in [5.41, 5.74) is 2.08. The minimum atomic E-state index is -0.413. The maximum atomic E-state index is 13.1. The molecule has 1 fully saturated rings. The van der Waals surface area contributed by atoms with Crippen LogP contribution >= 0.6 is 0 Å². The Hall–Kier alpha value is -2.36. The molecule has 1 saturated carbocycles. The van der Waals surface area contributed by atoms with E-state index < -0.39 is 5.82 Å². The number of halogens is 1. The van der Waals surface area contributed by atoms with Gasteiger partial charge in [-0.1, -0.05) is 18.9 Å². The van der Waals surface area contributed by atoms with Crippen LogP contribution in [-0.4, -0.2) is 11.9 Å². The van der Waals surface area contributed by atoms with E-state index >= 15 is 0 Å². The first-order valence-corrected chi connectivity index (χ1v) is 7.64. The number of rotatable bonds is 4. The maximum Gasteiger partial charge on any atom is 0.255 e. The summed E-state index contributed by atoms with van der Waals surface area (Å²) in [4.78, 5) is 12.0. The lowest BCUT2D eigenvalue weighted by molar-refractivity contribution is 0.102. The largest absolute Gasteiger partial charge is 0.382 e. The summed E-state index contributed by atoms with van der Waals surface area (Å²) in [6, 6.07) is 13.9. The van der Waals surface area contributed by atoms with Gasteiger partial charge in [-0.3, -0.25) is 4.79 Å². The molecule has 22 heavy (non-hydrogen) atoms. The Bertz CT molecular complexity index is 648. The maximum absolute atomic E-state index is 13.1. The van der Waals surface area contributed by atoms with Crippen molar-refractivity contribution in [3.63, 3.8) is 0 Å². The Balaban J connectivity index is 1.61. The Morgan fingerprint density at radius 2 is 1.68 bits per heavy atom. The summed E-state index contributed by atoms with van der Waals surface area (Å²) >= 11 is 0. The van der Waals surface area contributed by atoms with Gasteiger partial charge >= 0.3 is 0 Å². The Morgan fingerprint density at radius 3 is 2.36 bits per heavy atom. The van der Waals surface area contributed by atoms with Gasteiger partial charge in [0.15, 0.2) is 0 Å². The molecule has 2 aromatic carbocycles. The van der Waals surface area contributed by atoms with Crippen molar-refractivity contribution < 1.29 is 9.18 Å². The molecule has 1 aliphatic rings. The number of hydrogen-bond donors (Lipinski definition) is 2. The highest BCUT2D eigenvalue weighted by Gasteiger charge is 2.14. The monoisotopic (exact) mass is 298 g/mol. The van der Waals surface area contributed by atoms with E-state index in [1.165, 1.54) is 43.9 Å². The standard InChI is InChI=1S/C18H19FN2O/c19-14-5-3-4-13(12-14)18(22)21-17-10-8-16(9-11-17)20-15-6-1-2-7-15/h3-5,8-12,15,20H,1-2,6-7H2,(H,21,22). The van der Waals surface area contributed by atoms with Crippen LogP contribution in [0.4, 0.5) is 15.8 Å². The van der Waals surface area contributed by atoms with Crippen LogP contribution in [0.5, 0.6) is 0 Å². The van der Waals surface area contributed by atoms with E-state index in [2.05, 4.69) is 10.6 Å². The number of nitrogens with one attached hydrogen (secondary N) is 2. The van der Waals surface area contributed by atoms with Crippen molar-refractivity contribution in [2.24, 2.45) is 0 Å². The van der Waals surface area contributed by atoms with E-state index in [0.29, 0.717) is 17.3 Å². The third kappa shape index (κ3) is 3.64. The summed E-state index contributed by atoms with van der Waals surface area (Å²) in [6.07, 6.45) is 5.02. The molecule has 1 amide bonds. The molecule has 0 atom stereocenters. The molecular weight excluding hydrogens is 279 g/mol. The van der Waals surface area contributed by atoms with Crippen LogP contribution in [-0.2, 0) is 0 Å². The van der Waals surface area contributed by atoms with E-state index in [1.807, 2.05) is 24.3 Å². The predicted octanol–water partition coefficient (Wildman–Crippen LogP) is 4.43. The third-order valence-corrected chi connectivity index (χ3v) is 3.96. The zero-order valence-electron chi connectivity index (χ0n) is 12.3. The normalized spacial score (nSPS) is 14.8. The molecule has 3 rings (SSSR count). The zero-order valence-corrected chi connectivity index (χ0v) is 12.3. The first kappa shape index (κ1) is 14.6. The number of benzene rings is 2. The molecule has 0 aromatic heterocycles. The van der Waals surface area contributed by atoms with Crippen molar-refractivity contribution in [2.45, 2.75) is 31.7 Å². The number of anilines is 2. The van der Waals surface area contributed by atoms with Gasteiger partial charge < -0.3 is 10.6 Å². The van der Waals surface area contributed by atoms with Crippen molar-refractivity contribution in [1.82, 2.24) is 0 Å².